The molecule has 1 aromatic carbocycles. The number of benzene rings is 1. The number of anilines is 1. The van der Waals surface area contributed by atoms with Crippen LogP contribution in [0.3, 0.4) is 0 Å². The average molecular weight is 397 g/mol. The summed E-state index contributed by atoms with van der Waals surface area (Å²) in [7, 11) is 1.62. The predicted molar refractivity (Wildman–Crippen MR) is 106 cm³/mol. The maximum atomic E-state index is 12.5. The monoisotopic (exact) mass is 397 g/mol. The molecular formula is C21H23N3O5. The number of carbonyl (C=O) groups is 2. The number of esters is 1. The molecule has 0 aliphatic carbocycles. The molecule has 0 spiro atoms. The molecule has 0 unspecified atom stereocenters. The molecule has 0 fully saturated rings. The average Bonchev–Trinajstić information content (AvgIpc) is 3.30. The summed E-state index contributed by atoms with van der Waals surface area (Å²) < 4.78 is 17.8. The van der Waals surface area contributed by atoms with Gasteiger partial charge in [-0.05, 0) is 50.1 Å². The number of aryl methyl sites for hydroxylation is 3. The molecule has 1 N–H and O–H groups in total. The molecule has 0 atom stereocenters. The van der Waals surface area contributed by atoms with Gasteiger partial charge in [0, 0.05) is 7.05 Å². The number of furan rings is 1. The van der Waals surface area contributed by atoms with Gasteiger partial charge in [-0.25, -0.2) is 4.79 Å². The van der Waals surface area contributed by atoms with Crippen LogP contribution in [0.1, 0.15) is 44.7 Å². The Morgan fingerprint density at radius 2 is 2.00 bits per heavy atom. The van der Waals surface area contributed by atoms with Gasteiger partial charge in [-0.1, -0.05) is 12.1 Å². The van der Waals surface area contributed by atoms with Crippen LogP contribution >= 0.6 is 0 Å². The Labute approximate surface area is 168 Å². The molecule has 0 saturated carbocycles. The van der Waals surface area contributed by atoms with Crippen molar-refractivity contribution in [1.29, 1.82) is 0 Å². The third kappa shape index (κ3) is 4.66. The first-order chi connectivity index (χ1) is 13.9. The quantitative estimate of drug-likeness (QED) is 0.612. The zero-order valence-electron chi connectivity index (χ0n) is 16.8. The topological polar surface area (TPSA) is 95.6 Å². The van der Waals surface area contributed by atoms with Crippen LogP contribution in [-0.2, 0) is 18.4 Å². The van der Waals surface area contributed by atoms with Crippen LogP contribution in [0.15, 0.2) is 40.9 Å². The lowest BCUT2D eigenvalue weighted by Gasteiger charge is -2.08. The van der Waals surface area contributed by atoms with E-state index in [1.165, 1.54) is 10.9 Å². The summed E-state index contributed by atoms with van der Waals surface area (Å²) in [6.07, 6.45) is 1.35. The minimum Gasteiger partial charge on any atom is -0.485 e. The fraction of sp³-hybridized carbons (Fsp3) is 0.286. The van der Waals surface area contributed by atoms with Crippen LogP contribution in [0, 0.1) is 13.8 Å². The minimum absolute atomic E-state index is 0.0978. The summed E-state index contributed by atoms with van der Waals surface area (Å²) in [5, 5.41) is 6.64. The molecule has 1 amide bonds. The number of aromatic nitrogens is 2. The number of amides is 1. The van der Waals surface area contributed by atoms with Gasteiger partial charge in [0.2, 0.25) is 0 Å². The van der Waals surface area contributed by atoms with E-state index in [0.29, 0.717) is 5.76 Å². The number of nitrogens with zero attached hydrogens (tertiary/aromatic N) is 2. The maximum absolute atomic E-state index is 12.5. The van der Waals surface area contributed by atoms with Gasteiger partial charge in [0.15, 0.2) is 5.76 Å². The van der Waals surface area contributed by atoms with Gasteiger partial charge >= 0.3 is 5.97 Å². The highest BCUT2D eigenvalue weighted by atomic mass is 16.5. The van der Waals surface area contributed by atoms with E-state index in [0.717, 1.165) is 16.9 Å². The van der Waals surface area contributed by atoms with E-state index in [9.17, 15) is 9.59 Å². The highest BCUT2D eigenvalue weighted by Gasteiger charge is 2.21. The van der Waals surface area contributed by atoms with Crippen molar-refractivity contribution in [3.05, 3.63) is 64.7 Å². The summed E-state index contributed by atoms with van der Waals surface area (Å²) >= 11 is 0. The molecule has 0 aliphatic heterocycles. The van der Waals surface area contributed by atoms with Gasteiger partial charge < -0.3 is 19.2 Å². The van der Waals surface area contributed by atoms with Crippen molar-refractivity contribution in [2.45, 2.75) is 27.4 Å². The fourth-order valence-corrected chi connectivity index (χ4v) is 2.70. The van der Waals surface area contributed by atoms with E-state index in [-0.39, 0.29) is 30.4 Å². The number of hydrogen-bond donors (Lipinski definition) is 1. The van der Waals surface area contributed by atoms with E-state index < -0.39 is 11.9 Å². The lowest BCUT2D eigenvalue weighted by molar-refractivity contribution is 0.0527. The van der Waals surface area contributed by atoms with Gasteiger partial charge in [0.05, 0.1) is 12.8 Å². The highest BCUT2D eigenvalue weighted by Crippen LogP contribution is 2.22. The summed E-state index contributed by atoms with van der Waals surface area (Å²) in [6, 6.07) is 9.18. The molecule has 29 heavy (non-hydrogen) atoms. The third-order valence-electron chi connectivity index (χ3n) is 4.27. The smallest absolute Gasteiger partial charge is 0.343 e. The van der Waals surface area contributed by atoms with E-state index in [1.54, 1.807) is 26.1 Å². The second-order valence-corrected chi connectivity index (χ2v) is 6.53. The van der Waals surface area contributed by atoms with Gasteiger partial charge in [-0.2, -0.15) is 5.10 Å². The van der Waals surface area contributed by atoms with Gasteiger partial charge in [-0.3, -0.25) is 9.48 Å². The Balaban J connectivity index is 1.68. The molecule has 2 aromatic heterocycles. The van der Waals surface area contributed by atoms with Crippen molar-refractivity contribution in [3.8, 4) is 5.75 Å². The molecule has 0 bridgehead atoms. The van der Waals surface area contributed by atoms with Crippen molar-refractivity contribution >= 4 is 17.7 Å². The second-order valence-electron chi connectivity index (χ2n) is 6.53. The van der Waals surface area contributed by atoms with E-state index >= 15 is 0 Å². The molecule has 2 heterocycles. The number of hydrogen-bond acceptors (Lipinski definition) is 6. The number of rotatable bonds is 7. The Hall–Kier alpha value is -3.55. The molecule has 0 radical (unpaired) electrons. The van der Waals surface area contributed by atoms with Crippen LogP contribution in [0.25, 0.3) is 0 Å². The molecule has 0 saturated heterocycles. The fourth-order valence-electron chi connectivity index (χ4n) is 2.70. The number of ether oxygens (including phenoxy) is 2. The summed E-state index contributed by atoms with van der Waals surface area (Å²) in [5.41, 5.74) is 2.29. The van der Waals surface area contributed by atoms with Crippen molar-refractivity contribution in [2.24, 2.45) is 7.05 Å². The Bertz CT molecular complexity index is 1030. The zero-order chi connectivity index (χ0) is 21.0. The molecule has 3 rings (SSSR count). The van der Waals surface area contributed by atoms with Crippen molar-refractivity contribution in [1.82, 2.24) is 9.78 Å². The molecule has 3 aromatic rings. The summed E-state index contributed by atoms with van der Waals surface area (Å²) in [5.74, 6) is 0.543. The van der Waals surface area contributed by atoms with Crippen LogP contribution in [0.4, 0.5) is 5.82 Å². The Morgan fingerprint density at radius 3 is 2.76 bits per heavy atom. The van der Waals surface area contributed by atoms with Crippen LogP contribution in [-0.4, -0.2) is 28.3 Å². The predicted octanol–water partition coefficient (Wildman–Crippen LogP) is 3.64. The molecule has 0 aliphatic rings. The van der Waals surface area contributed by atoms with E-state index in [2.05, 4.69) is 10.4 Å². The van der Waals surface area contributed by atoms with Gasteiger partial charge in [0.25, 0.3) is 5.91 Å². The first kappa shape index (κ1) is 20.2. The van der Waals surface area contributed by atoms with Gasteiger partial charge in [0.1, 0.15) is 29.5 Å². The second kappa shape index (κ2) is 8.64. The molecular weight excluding hydrogens is 374 g/mol. The summed E-state index contributed by atoms with van der Waals surface area (Å²) in [6.45, 7) is 6.08. The molecule has 8 nitrogen and oxygen atoms in total. The summed E-state index contributed by atoms with van der Waals surface area (Å²) in [4.78, 5) is 24.5. The van der Waals surface area contributed by atoms with Crippen LogP contribution < -0.4 is 10.1 Å². The maximum Gasteiger partial charge on any atom is 0.343 e. The number of nitrogens with one attached hydrogen (secondary N) is 1. The largest absolute Gasteiger partial charge is 0.485 e. The first-order valence-electron chi connectivity index (χ1n) is 9.18. The van der Waals surface area contributed by atoms with Crippen molar-refractivity contribution in [2.75, 3.05) is 11.9 Å². The third-order valence-corrected chi connectivity index (χ3v) is 4.27. The molecule has 152 valence electrons. The van der Waals surface area contributed by atoms with Gasteiger partial charge in [-0.15, -0.1) is 0 Å². The zero-order valence-corrected chi connectivity index (χ0v) is 16.8. The van der Waals surface area contributed by atoms with E-state index in [1.807, 2.05) is 32.0 Å². The Morgan fingerprint density at radius 1 is 1.21 bits per heavy atom. The van der Waals surface area contributed by atoms with E-state index in [4.69, 9.17) is 13.9 Å². The van der Waals surface area contributed by atoms with Crippen molar-refractivity contribution in [3.63, 3.8) is 0 Å². The lowest BCUT2D eigenvalue weighted by atomic mass is 10.1. The first-order valence-corrected chi connectivity index (χ1v) is 9.18. The molecule has 8 heteroatoms. The number of carbonyl (C=O) groups excluding carboxylic acids is 2. The van der Waals surface area contributed by atoms with Crippen molar-refractivity contribution < 1.29 is 23.5 Å². The SMILES string of the molecule is CCOC(=O)c1cnn(C)c1NC(=O)c1ccc(COc2cc(C)ccc2C)o1. The van der Waals surface area contributed by atoms with Crippen LogP contribution in [0.2, 0.25) is 0 Å². The highest BCUT2D eigenvalue weighted by molar-refractivity contribution is 6.05. The van der Waals surface area contributed by atoms with Crippen LogP contribution in [0.5, 0.6) is 5.75 Å². The lowest BCUT2D eigenvalue weighted by Crippen LogP contribution is -2.17. The minimum atomic E-state index is -0.557. The normalized spacial score (nSPS) is 10.6. The Kier molecular flexibility index (Phi) is 6.01. The standard InChI is InChI=1S/C21H23N3O5/c1-5-27-21(26)16-11-22-24(4)19(16)23-20(25)17-9-8-15(29-17)12-28-18-10-13(2)6-7-14(18)3/h6-11H,5,12H2,1-4H3,(H,23,25).